The lowest BCUT2D eigenvalue weighted by molar-refractivity contribution is -0.0843. The Balaban J connectivity index is 1.87. The summed E-state index contributed by atoms with van der Waals surface area (Å²) >= 11 is 0. The summed E-state index contributed by atoms with van der Waals surface area (Å²) in [6.45, 7) is 3.57. The molecule has 4 heteroatoms. The predicted molar refractivity (Wildman–Crippen MR) is 60.8 cm³/mol. The Bertz CT molecular complexity index is 383. The molecule has 0 saturated carbocycles. The largest absolute Gasteiger partial charge is 0.368 e. The Morgan fingerprint density at radius 3 is 2.88 bits per heavy atom. The van der Waals surface area contributed by atoms with Crippen molar-refractivity contribution < 1.29 is 4.48 Å². The second kappa shape index (κ2) is 3.42. The normalized spacial score (nSPS) is 34.4. The van der Waals surface area contributed by atoms with Gasteiger partial charge in [0.05, 0.1) is 11.6 Å². The average molecular weight is 221 g/mol. The molecule has 3 heterocycles. The van der Waals surface area contributed by atoms with Gasteiger partial charge < -0.3 is 4.90 Å². The lowest BCUT2D eigenvalue weighted by atomic mass is 9.99. The third kappa shape index (κ3) is 1.40. The van der Waals surface area contributed by atoms with Crippen LogP contribution in [0.2, 0.25) is 0 Å². The SMILES string of the molecule is C[C@@]12CC[C@@H](CN(c3ccncc3)C1)N2F. The molecule has 3 rings (SSSR count). The molecule has 3 nitrogen and oxygen atoms in total. The van der Waals surface area contributed by atoms with Gasteiger partial charge in [0.25, 0.3) is 0 Å². The minimum Gasteiger partial charge on any atom is -0.368 e. The van der Waals surface area contributed by atoms with Crippen LogP contribution in [-0.4, -0.2) is 34.8 Å². The van der Waals surface area contributed by atoms with Gasteiger partial charge >= 0.3 is 0 Å². The van der Waals surface area contributed by atoms with Gasteiger partial charge in [-0.05, 0) is 31.9 Å². The maximum atomic E-state index is 13.9. The van der Waals surface area contributed by atoms with Crippen molar-refractivity contribution in [2.75, 3.05) is 18.0 Å². The van der Waals surface area contributed by atoms with Crippen molar-refractivity contribution in [2.24, 2.45) is 0 Å². The zero-order chi connectivity index (χ0) is 11.2. The number of pyridine rings is 1. The summed E-state index contributed by atoms with van der Waals surface area (Å²) in [6.07, 6.45) is 5.51. The summed E-state index contributed by atoms with van der Waals surface area (Å²) in [5.41, 5.74) is 0.854. The number of halogens is 1. The van der Waals surface area contributed by atoms with Crippen LogP contribution in [0, 0.1) is 0 Å². The third-order valence-electron chi connectivity index (χ3n) is 3.84. The zero-order valence-electron chi connectivity index (χ0n) is 9.43. The van der Waals surface area contributed by atoms with Crippen LogP contribution in [0.4, 0.5) is 10.2 Å². The van der Waals surface area contributed by atoms with Gasteiger partial charge in [-0.1, -0.05) is 0 Å². The van der Waals surface area contributed by atoms with E-state index in [1.165, 1.54) is 0 Å². The van der Waals surface area contributed by atoms with E-state index in [4.69, 9.17) is 0 Å². The first-order valence-corrected chi connectivity index (χ1v) is 5.79. The Kier molecular flexibility index (Phi) is 2.14. The van der Waals surface area contributed by atoms with Crippen molar-refractivity contribution in [1.82, 2.24) is 10.1 Å². The van der Waals surface area contributed by atoms with Crippen molar-refractivity contribution in [3.8, 4) is 0 Å². The van der Waals surface area contributed by atoms with Gasteiger partial charge in [0.15, 0.2) is 0 Å². The molecule has 2 aliphatic heterocycles. The molecule has 0 unspecified atom stereocenters. The maximum Gasteiger partial charge on any atom is 0.0663 e. The fourth-order valence-electron chi connectivity index (χ4n) is 2.93. The monoisotopic (exact) mass is 221 g/mol. The summed E-state index contributed by atoms with van der Waals surface area (Å²) in [7, 11) is 0. The fraction of sp³-hybridized carbons (Fsp3) is 0.583. The molecule has 0 aliphatic carbocycles. The molecule has 0 spiro atoms. The van der Waals surface area contributed by atoms with Crippen LogP contribution < -0.4 is 4.90 Å². The van der Waals surface area contributed by atoms with Crippen LogP contribution >= 0.6 is 0 Å². The number of anilines is 1. The molecule has 1 aromatic rings. The van der Waals surface area contributed by atoms with Crippen molar-refractivity contribution in [1.29, 1.82) is 0 Å². The number of nitrogens with zero attached hydrogens (tertiary/aromatic N) is 3. The number of hydrogen-bond donors (Lipinski definition) is 0. The Morgan fingerprint density at radius 1 is 1.44 bits per heavy atom. The first-order chi connectivity index (χ1) is 7.69. The third-order valence-corrected chi connectivity index (χ3v) is 3.84. The number of rotatable bonds is 1. The standard InChI is InChI=1S/C12H16FN3/c1-12-5-2-11(16(12)13)8-15(9-12)10-3-6-14-7-4-10/h3-4,6-7,11H,2,5,8-9H2,1H3/t11-,12+/m0/s1. The van der Waals surface area contributed by atoms with Crippen LogP contribution in [0.5, 0.6) is 0 Å². The van der Waals surface area contributed by atoms with E-state index in [0.717, 1.165) is 36.7 Å². The van der Waals surface area contributed by atoms with Crippen LogP contribution in [-0.2, 0) is 0 Å². The van der Waals surface area contributed by atoms with Crippen molar-refractivity contribution in [3.63, 3.8) is 0 Å². The summed E-state index contributed by atoms with van der Waals surface area (Å²) in [5.74, 6) is 0. The molecule has 2 fully saturated rings. The summed E-state index contributed by atoms with van der Waals surface area (Å²) < 4.78 is 13.9. The van der Waals surface area contributed by atoms with Gasteiger partial charge in [0, 0.05) is 31.2 Å². The first kappa shape index (κ1) is 10.0. The molecule has 86 valence electrons. The second-order valence-electron chi connectivity index (χ2n) is 5.09. The summed E-state index contributed by atoms with van der Waals surface area (Å²) in [4.78, 5) is 6.29. The van der Waals surface area contributed by atoms with E-state index in [2.05, 4.69) is 9.88 Å². The lowest BCUT2D eigenvalue weighted by Crippen LogP contribution is -2.57. The smallest absolute Gasteiger partial charge is 0.0663 e. The van der Waals surface area contributed by atoms with Crippen molar-refractivity contribution >= 4 is 5.69 Å². The van der Waals surface area contributed by atoms with E-state index < -0.39 is 0 Å². The van der Waals surface area contributed by atoms with Gasteiger partial charge in [-0.2, -0.15) is 0 Å². The van der Waals surface area contributed by atoms with Crippen LogP contribution in [0.3, 0.4) is 0 Å². The van der Waals surface area contributed by atoms with Gasteiger partial charge in [0.2, 0.25) is 0 Å². The molecule has 16 heavy (non-hydrogen) atoms. The highest BCUT2D eigenvalue weighted by Crippen LogP contribution is 2.40. The Labute approximate surface area is 94.8 Å². The molecule has 2 bridgehead atoms. The molecule has 1 aromatic heterocycles. The Hall–Kier alpha value is -1.16. The Morgan fingerprint density at radius 2 is 2.19 bits per heavy atom. The van der Waals surface area contributed by atoms with E-state index in [1.807, 2.05) is 19.1 Å². The van der Waals surface area contributed by atoms with Crippen LogP contribution in [0.25, 0.3) is 0 Å². The molecule has 0 amide bonds. The number of hydrogen-bond acceptors (Lipinski definition) is 3. The summed E-state index contributed by atoms with van der Waals surface area (Å²) in [6, 6.07) is 4.06. The van der Waals surface area contributed by atoms with E-state index in [0.29, 0.717) is 0 Å². The van der Waals surface area contributed by atoms with Crippen molar-refractivity contribution in [3.05, 3.63) is 24.5 Å². The van der Waals surface area contributed by atoms with E-state index in [9.17, 15) is 4.48 Å². The lowest BCUT2D eigenvalue weighted by Gasteiger charge is -2.43. The average Bonchev–Trinajstić information content (AvgIpc) is 2.51. The summed E-state index contributed by atoms with van der Waals surface area (Å²) in [5, 5.41) is 1.07. The highest BCUT2D eigenvalue weighted by molar-refractivity contribution is 5.46. The number of fused-ring (bicyclic) bond motifs is 2. The van der Waals surface area contributed by atoms with E-state index >= 15 is 0 Å². The minimum absolute atomic E-state index is 0.0620. The number of aromatic nitrogens is 1. The highest BCUT2D eigenvalue weighted by atomic mass is 19.2. The van der Waals surface area contributed by atoms with Crippen LogP contribution in [0.1, 0.15) is 19.8 Å². The maximum absolute atomic E-state index is 13.9. The minimum atomic E-state index is -0.299. The predicted octanol–water partition coefficient (Wildman–Crippen LogP) is 2.01. The zero-order valence-corrected chi connectivity index (χ0v) is 9.43. The quantitative estimate of drug-likeness (QED) is 0.676. The van der Waals surface area contributed by atoms with Gasteiger partial charge in [-0.15, -0.1) is 9.60 Å². The number of piperazine rings is 1. The molecule has 0 radical (unpaired) electrons. The molecule has 0 aromatic carbocycles. The molecule has 2 atom stereocenters. The molecular weight excluding hydrogens is 205 g/mol. The van der Waals surface area contributed by atoms with Gasteiger partial charge in [0.1, 0.15) is 0 Å². The topological polar surface area (TPSA) is 19.4 Å². The molecule has 0 N–H and O–H groups in total. The molecule has 2 aliphatic rings. The second-order valence-corrected chi connectivity index (χ2v) is 5.09. The van der Waals surface area contributed by atoms with E-state index in [1.54, 1.807) is 12.4 Å². The van der Waals surface area contributed by atoms with Crippen molar-refractivity contribution in [2.45, 2.75) is 31.3 Å². The molecular formula is C12H16FN3. The highest BCUT2D eigenvalue weighted by Gasteiger charge is 2.49. The van der Waals surface area contributed by atoms with Gasteiger partial charge in [-0.25, -0.2) is 0 Å². The molecule has 2 saturated heterocycles. The fourth-order valence-corrected chi connectivity index (χ4v) is 2.93. The van der Waals surface area contributed by atoms with Gasteiger partial charge in [-0.3, -0.25) is 4.98 Å². The first-order valence-electron chi connectivity index (χ1n) is 5.79. The van der Waals surface area contributed by atoms with E-state index in [-0.39, 0.29) is 11.6 Å². The van der Waals surface area contributed by atoms with Crippen LogP contribution in [0.15, 0.2) is 24.5 Å².